The number of hydrogen-bond acceptors (Lipinski definition) is 0. The number of allylic oxidation sites excluding steroid dienone is 9. The molecule has 0 unspecified atom stereocenters. The highest BCUT2D eigenvalue weighted by Crippen LogP contribution is 2.30. The van der Waals surface area contributed by atoms with Crippen LogP contribution < -0.4 is 0 Å². The monoisotopic (exact) mass is 354 g/mol. The van der Waals surface area contributed by atoms with Crippen LogP contribution in [0, 0.1) is 6.92 Å². The maximum Gasteiger partial charge on any atom is -0.0172 e. The summed E-state index contributed by atoms with van der Waals surface area (Å²) in [5, 5.41) is 0. The smallest absolute Gasteiger partial charge is 0.0172 e. The van der Waals surface area contributed by atoms with Crippen molar-refractivity contribution in [3.63, 3.8) is 0 Å². The maximum atomic E-state index is 4.03. The highest BCUT2D eigenvalue weighted by Gasteiger charge is 2.07. The van der Waals surface area contributed by atoms with Crippen molar-refractivity contribution in [3.8, 4) is 11.1 Å². The van der Waals surface area contributed by atoms with Crippen molar-refractivity contribution in [3.05, 3.63) is 108 Å². The zero-order valence-corrected chi connectivity index (χ0v) is 17.2. The van der Waals surface area contributed by atoms with Gasteiger partial charge in [-0.25, -0.2) is 0 Å². The lowest BCUT2D eigenvalue weighted by Crippen LogP contribution is -1.90. The van der Waals surface area contributed by atoms with Gasteiger partial charge < -0.3 is 0 Å². The van der Waals surface area contributed by atoms with E-state index in [1.807, 2.05) is 6.08 Å². The van der Waals surface area contributed by atoms with Crippen molar-refractivity contribution in [1.29, 1.82) is 0 Å². The van der Waals surface area contributed by atoms with Gasteiger partial charge >= 0.3 is 0 Å². The minimum absolute atomic E-state index is 1.13. The summed E-state index contributed by atoms with van der Waals surface area (Å²) >= 11 is 0. The van der Waals surface area contributed by atoms with Gasteiger partial charge in [-0.1, -0.05) is 78.4 Å². The second-order valence-corrected chi connectivity index (χ2v) is 6.98. The van der Waals surface area contributed by atoms with Gasteiger partial charge in [0.15, 0.2) is 0 Å². The molecule has 27 heavy (non-hydrogen) atoms. The number of aryl methyl sites for hydroxylation is 1. The van der Waals surface area contributed by atoms with E-state index in [9.17, 15) is 0 Å². The Morgan fingerprint density at radius 3 is 1.96 bits per heavy atom. The Bertz CT molecular complexity index is 909. The number of benzene rings is 2. The van der Waals surface area contributed by atoms with Crippen LogP contribution in [0.1, 0.15) is 44.4 Å². The third kappa shape index (κ3) is 5.56. The normalized spacial score (nSPS) is 12.3. The Morgan fingerprint density at radius 2 is 1.44 bits per heavy atom. The average Bonchev–Trinajstić information content (AvgIpc) is 2.66. The van der Waals surface area contributed by atoms with Crippen molar-refractivity contribution in [2.45, 2.75) is 34.6 Å². The van der Waals surface area contributed by atoms with Crippen LogP contribution in [0.3, 0.4) is 0 Å². The number of hydrogen-bond donors (Lipinski definition) is 0. The number of rotatable bonds is 6. The van der Waals surface area contributed by atoms with Crippen molar-refractivity contribution >= 4 is 11.1 Å². The summed E-state index contributed by atoms with van der Waals surface area (Å²) < 4.78 is 0. The molecule has 0 aromatic heterocycles. The second-order valence-electron chi connectivity index (χ2n) is 6.98. The molecule has 0 aliphatic carbocycles. The summed E-state index contributed by atoms with van der Waals surface area (Å²) in [7, 11) is 0. The van der Waals surface area contributed by atoms with E-state index in [0.717, 1.165) is 5.57 Å². The van der Waals surface area contributed by atoms with Crippen molar-refractivity contribution < 1.29 is 0 Å². The predicted molar refractivity (Wildman–Crippen MR) is 123 cm³/mol. The van der Waals surface area contributed by atoms with E-state index in [4.69, 9.17) is 0 Å². The molecule has 0 radical (unpaired) electrons. The lowest BCUT2D eigenvalue weighted by Gasteiger charge is -2.12. The quantitative estimate of drug-likeness (QED) is 0.459. The lowest BCUT2D eigenvalue weighted by atomic mass is 9.92. The molecule has 0 atom stereocenters. The van der Waals surface area contributed by atoms with Crippen LogP contribution >= 0.6 is 0 Å². The minimum atomic E-state index is 1.13. The van der Waals surface area contributed by atoms with Crippen molar-refractivity contribution in [1.82, 2.24) is 0 Å². The summed E-state index contributed by atoms with van der Waals surface area (Å²) in [5.74, 6) is 0. The molecule has 138 valence electrons. The summed E-state index contributed by atoms with van der Waals surface area (Å²) in [5.41, 5.74) is 9.73. The highest BCUT2D eigenvalue weighted by atomic mass is 14.1. The van der Waals surface area contributed by atoms with Crippen LogP contribution in [0.15, 0.2) is 91.1 Å². The lowest BCUT2D eigenvalue weighted by molar-refractivity contribution is 1.39. The summed E-state index contributed by atoms with van der Waals surface area (Å²) in [4.78, 5) is 0. The molecule has 0 saturated heterocycles. The van der Waals surface area contributed by atoms with Gasteiger partial charge in [0, 0.05) is 0 Å². The van der Waals surface area contributed by atoms with Crippen LogP contribution in [-0.4, -0.2) is 0 Å². The van der Waals surface area contributed by atoms with E-state index < -0.39 is 0 Å². The van der Waals surface area contributed by atoms with E-state index in [2.05, 4.69) is 114 Å². The van der Waals surface area contributed by atoms with Crippen LogP contribution in [0.5, 0.6) is 0 Å². The molecule has 0 N–H and O–H groups in total. The Morgan fingerprint density at radius 1 is 0.815 bits per heavy atom. The largest absolute Gasteiger partial charge is 0.0984 e. The van der Waals surface area contributed by atoms with Crippen molar-refractivity contribution in [2.24, 2.45) is 0 Å². The Kier molecular flexibility index (Phi) is 7.37. The van der Waals surface area contributed by atoms with Gasteiger partial charge in [-0.2, -0.15) is 0 Å². The SMILES string of the molecule is C=C/C(=C\C=C(C)C)c1cc(C(/C=C\C)=C/C)cc(-c2ccc(C)cc2)c1. The third-order valence-electron chi connectivity index (χ3n) is 4.46. The molecule has 0 amide bonds. The third-order valence-corrected chi connectivity index (χ3v) is 4.46. The molecule has 0 heterocycles. The minimum Gasteiger partial charge on any atom is -0.0984 e. The fourth-order valence-corrected chi connectivity index (χ4v) is 2.95. The van der Waals surface area contributed by atoms with Crippen molar-refractivity contribution in [2.75, 3.05) is 0 Å². The first kappa shape index (κ1) is 20.5. The van der Waals surface area contributed by atoms with Gasteiger partial charge in [0.25, 0.3) is 0 Å². The van der Waals surface area contributed by atoms with E-state index in [-0.39, 0.29) is 0 Å². The fourth-order valence-electron chi connectivity index (χ4n) is 2.95. The molecular formula is C27H30. The molecule has 2 rings (SSSR count). The molecule has 0 fully saturated rings. The van der Waals surface area contributed by atoms with E-state index in [1.54, 1.807) is 0 Å². The maximum absolute atomic E-state index is 4.03. The summed E-state index contributed by atoms with van der Waals surface area (Å²) in [6.45, 7) is 14.5. The van der Waals surface area contributed by atoms with Crippen LogP contribution in [0.25, 0.3) is 22.3 Å². The van der Waals surface area contributed by atoms with E-state index in [0.29, 0.717) is 0 Å². The Balaban J connectivity index is 2.70. The molecule has 0 bridgehead atoms. The van der Waals surface area contributed by atoms with E-state index >= 15 is 0 Å². The molecule has 0 aliphatic heterocycles. The van der Waals surface area contributed by atoms with Gasteiger partial charge in [0.05, 0.1) is 0 Å². The Hall–Kier alpha value is -2.86. The summed E-state index contributed by atoms with van der Waals surface area (Å²) in [6.07, 6.45) is 12.6. The second kappa shape index (κ2) is 9.73. The van der Waals surface area contributed by atoms with Crippen LogP contribution in [-0.2, 0) is 0 Å². The molecule has 2 aromatic rings. The zero-order valence-electron chi connectivity index (χ0n) is 17.2. The Labute approximate surface area is 165 Å². The molecular weight excluding hydrogens is 324 g/mol. The van der Waals surface area contributed by atoms with Gasteiger partial charge in [-0.15, -0.1) is 0 Å². The average molecular weight is 355 g/mol. The highest BCUT2D eigenvalue weighted by molar-refractivity contribution is 5.84. The predicted octanol–water partition coefficient (Wildman–Crippen LogP) is 8.18. The molecule has 0 spiro atoms. The van der Waals surface area contributed by atoms with Gasteiger partial charge in [0.1, 0.15) is 0 Å². The molecule has 0 heteroatoms. The first-order valence-electron chi connectivity index (χ1n) is 9.48. The molecule has 0 saturated carbocycles. The first-order valence-corrected chi connectivity index (χ1v) is 9.48. The zero-order chi connectivity index (χ0) is 19.8. The van der Waals surface area contributed by atoms with Gasteiger partial charge in [-0.3, -0.25) is 0 Å². The van der Waals surface area contributed by atoms with Crippen LogP contribution in [0.4, 0.5) is 0 Å². The molecule has 2 aromatic carbocycles. The van der Waals surface area contributed by atoms with Gasteiger partial charge in [0.2, 0.25) is 0 Å². The van der Waals surface area contributed by atoms with Gasteiger partial charge in [-0.05, 0) is 86.2 Å². The molecule has 0 nitrogen and oxygen atoms in total. The molecule has 0 aliphatic rings. The van der Waals surface area contributed by atoms with E-state index in [1.165, 1.54) is 39.0 Å². The fraction of sp³-hybridized carbons (Fsp3) is 0.185. The topological polar surface area (TPSA) is 0 Å². The standard InChI is InChI=1S/C27H30/c1-7-10-22(8-2)25-17-26(23(9-3)14-11-20(4)5)19-27(18-25)24-15-12-21(6)13-16-24/h7-19H,3H2,1-2,4-6H3/b10-7-,22-8+,23-14+. The first-order chi connectivity index (χ1) is 13.0. The van der Waals surface area contributed by atoms with Crippen LogP contribution in [0.2, 0.25) is 0 Å². The summed E-state index contributed by atoms with van der Waals surface area (Å²) in [6, 6.07) is 15.5.